The van der Waals surface area contributed by atoms with Gasteiger partial charge in [-0.3, -0.25) is 0 Å². The van der Waals surface area contributed by atoms with E-state index >= 15 is 0 Å². The standard InChI is InChI=1S/C16H16O16.12ClH.4Cu.2Sn/c17-9-10(18)27-3-4-29-13(21)14(22)31-7-8-32-16(24)15(23)30-6-5-28-12(20)11(19)26-2-1-25-9;;;;;;;;;;;;;;;;;;/h1-8H2;12*1H;;;;;;/q;;;;;;;;;;;;;6*+2/p-12. The first kappa shape index (κ1) is 64.8. The quantitative estimate of drug-likeness (QED) is 0.146. The molecular weight excluding hydrogens is 1370 g/mol. The topological polar surface area (TPSA) is 210 Å². The van der Waals surface area contributed by atoms with Crippen molar-refractivity contribution in [1.29, 1.82) is 0 Å². The minimum atomic E-state index is -1.47. The molecule has 0 aromatic heterocycles. The summed E-state index contributed by atoms with van der Waals surface area (Å²) in [5.74, 6) is -11.8. The first-order valence-electron chi connectivity index (χ1n) is 10.2. The minimum absolute atomic E-state index is 0.618. The Kier molecular flexibility index (Phi) is 72.9. The van der Waals surface area contributed by atoms with Gasteiger partial charge in [0.25, 0.3) is 0 Å². The van der Waals surface area contributed by atoms with Crippen LogP contribution in [0.5, 0.6) is 0 Å². The van der Waals surface area contributed by atoms with E-state index in [0.717, 1.165) is 52.5 Å². The molecule has 0 spiro atoms. The van der Waals surface area contributed by atoms with Crippen LogP contribution in [0.4, 0.5) is 0 Å². The molecule has 312 valence electrons. The van der Waals surface area contributed by atoms with Gasteiger partial charge in [-0.2, -0.15) is 0 Å². The van der Waals surface area contributed by atoms with Gasteiger partial charge >= 0.3 is 255 Å². The molecule has 0 atom stereocenters. The normalized spacial score (nSPS) is 15.0. The van der Waals surface area contributed by atoms with Crippen LogP contribution in [0.25, 0.3) is 0 Å². The van der Waals surface area contributed by atoms with E-state index in [0.29, 0.717) is 0 Å². The Morgan fingerprint density at radius 2 is 0.360 bits per heavy atom. The zero-order valence-electron chi connectivity index (χ0n) is 22.9. The number of hydrogen-bond donors (Lipinski definition) is 0. The molecule has 0 aliphatic carbocycles. The fraction of sp³-hybridized carbons (Fsp3) is 0.500. The van der Waals surface area contributed by atoms with Crippen molar-refractivity contribution >= 4 is 202 Å². The summed E-state index contributed by atoms with van der Waals surface area (Å²) < 4.78 is 35.3. The van der Waals surface area contributed by atoms with Gasteiger partial charge < -0.3 is 37.9 Å². The average molecular weight is 1380 g/mol. The molecule has 0 unspecified atom stereocenters. The summed E-state index contributed by atoms with van der Waals surface area (Å²) in [6.07, 6.45) is 0. The third kappa shape index (κ3) is 57.6. The predicted molar refractivity (Wildman–Crippen MR) is 169 cm³/mol. The summed E-state index contributed by atoms with van der Waals surface area (Å²) in [7, 11) is 57.1. The van der Waals surface area contributed by atoms with Crippen molar-refractivity contribution in [2.45, 2.75) is 0 Å². The summed E-state index contributed by atoms with van der Waals surface area (Å²) in [6.45, 7) is -4.94. The summed E-state index contributed by atoms with van der Waals surface area (Å²) in [5, 5.41) is 0. The molecule has 0 bridgehead atoms. The number of carbonyl (C=O) groups is 8. The van der Waals surface area contributed by atoms with Gasteiger partial charge in [-0.15, -0.1) is 0 Å². The van der Waals surface area contributed by atoms with E-state index in [2.05, 4.69) is 119 Å². The van der Waals surface area contributed by atoms with E-state index in [1.54, 1.807) is 0 Å². The SMILES string of the molecule is O=C1OCCOC(=O)C(=O)OCCOC(=O)C(=O)OCCOC(=O)C(=O)OCCOC1=O.[Cl][Cu][Cl].[Cl][Cu][Cl].[Cl][Cu][Cl].[Cl][Cu][Cl].[Cl][Sn][Cl].[Cl][Sn][Cl]. The molecule has 0 saturated carbocycles. The molecule has 1 aliphatic rings. The Labute approximate surface area is 378 Å². The monoisotopic (exact) mass is 1380 g/mol. The van der Waals surface area contributed by atoms with Crippen LogP contribution in [0.1, 0.15) is 0 Å². The van der Waals surface area contributed by atoms with Gasteiger partial charge in [-0.1, -0.05) is 0 Å². The molecule has 16 nitrogen and oxygen atoms in total. The van der Waals surface area contributed by atoms with Crippen molar-refractivity contribution in [2.24, 2.45) is 0 Å². The van der Waals surface area contributed by atoms with Gasteiger partial charge in [0, 0.05) is 0 Å². The Morgan fingerprint density at radius 1 is 0.300 bits per heavy atom. The van der Waals surface area contributed by atoms with Crippen molar-refractivity contribution in [3.63, 3.8) is 0 Å². The molecule has 1 heterocycles. The van der Waals surface area contributed by atoms with Crippen LogP contribution in [0.2, 0.25) is 0 Å². The van der Waals surface area contributed by atoms with Gasteiger partial charge in [-0.05, 0) is 0 Å². The summed E-state index contributed by atoms with van der Waals surface area (Å²) >= 11 is 1.38. The maximum atomic E-state index is 11.3. The molecule has 34 heteroatoms. The molecule has 0 amide bonds. The second kappa shape index (κ2) is 56.2. The van der Waals surface area contributed by atoms with Crippen molar-refractivity contribution < 1.29 is 129 Å². The summed E-state index contributed by atoms with van der Waals surface area (Å²) in [5.41, 5.74) is 0. The van der Waals surface area contributed by atoms with Crippen LogP contribution < -0.4 is 0 Å². The van der Waals surface area contributed by atoms with E-state index in [4.69, 9.17) is 35.7 Å². The molecular formula is C16H16Cl12Cu4O16Sn2. The Hall–Kier alpha value is 2.92. The predicted octanol–water partition coefficient (Wildman–Crippen LogP) is 3.85. The second-order valence-electron chi connectivity index (χ2n) is 5.40. The number of carbonyl (C=O) groups excluding carboxylic acids is 8. The van der Waals surface area contributed by atoms with E-state index in [1.807, 2.05) is 0 Å². The first-order valence-corrected chi connectivity index (χ1v) is 35.1. The molecule has 1 fully saturated rings. The van der Waals surface area contributed by atoms with Gasteiger partial charge in [-0.25, -0.2) is 38.4 Å². The zero-order chi connectivity index (χ0) is 40.2. The third-order valence-corrected chi connectivity index (χ3v) is 2.87. The number of rotatable bonds is 0. The zero-order valence-corrected chi connectivity index (χ0v) is 41.5. The van der Waals surface area contributed by atoms with Crippen molar-refractivity contribution in [1.82, 2.24) is 0 Å². The van der Waals surface area contributed by atoms with Crippen LogP contribution in [0, 0.1) is 0 Å². The fourth-order valence-electron chi connectivity index (χ4n) is 1.55. The van der Waals surface area contributed by atoms with Crippen molar-refractivity contribution in [3.05, 3.63) is 0 Å². The molecule has 1 saturated heterocycles. The molecule has 50 heavy (non-hydrogen) atoms. The van der Waals surface area contributed by atoms with Crippen LogP contribution in [0.3, 0.4) is 0 Å². The van der Waals surface area contributed by atoms with Crippen LogP contribution in [-0.4, -0.2) is 138 Å². The number of hydrogen-bond acceptors (Lipinski definition) is 16. The fourth-order valence-corrected chi connectivity index (χ4v) is 1.55. The Morgan fingerprint density at radius 3 is 0.420 bits per heavy atom. The van der Waals surface area contributed by atoms with Crippen LogP contribution in [0.15, 0.2) is 0 Å². The molecule has 1 aliphatic heterocycles. The average Bonchev–Trinajstić information content (AvgIpc) is 3.06. The Balaban J connectivity index is -0.000000224. The van der Waals surface area contributed by atoms with Crippen LogP contribution >= 0.6 is 116 Å². The summed E-state index contributed by atoms with van der Waals surface area (Å²) in [4.78, 5) is 90.8. The molecule has 0 aromatic carbocycles. The van der Waals surface area contributed by atoms with E-state index in [1.165, 1.54) is 0 Å². The van der Waals surface area contributed by atoms with Gasteiger partial charge in [0.1, 0.15) is 52.9 Å². The number of ether oxygens (including phenoxy) is 8. The summed E-state index contributed by atoms with van der Waals surface area (Å²) in [6, 6.07) is 0. The molecule has 0 N–H and O–H groups in total. The number of cyclic esters (lactones) is 8. The number of halogens is 12. The van der Waals surface area contributed by atoms with Crippen LogP contribution in [-0.2, 0) is 129 Å². The van der Waals surface area contributed by atoms with Gasteiger partial charge in [0.15, 0.2) is 0 Å². The Bertz CT molecular complexity index is 720. The first-order chi connectivity index (χ1) is 23.7. The van der Waals surface area contributed by atoms with Crippen molar-refractivity contribution in [3.8, 4) is 0 Å². The van der Waals surface area contributed by atoms with Crippen molar-refractivity contribution in [2.75, 3.05) is 52.9 Å². The van der Waals surface area contributed by atoms with E-state index < -0.39 is 138 Å². The molecule has 4 radical (unpaired) electrons. The third-order valence-electron chi connectivity index (χ3n) is 2.87. The van der Waals surface area contributed by atoms with Gasteiger partial charge in [0.2, 0.25) is 0 Å². The molecule has 0 aromatic rings. The second-order valence-corrected chi connectivity index (χ2v) is 20.1. The van der Waals surface area contributed by atoms with E-state index in [9.17, 15) is 38.4 Å². The maximum absolute atomic E-state index is 11.3. The van der Waals surface area contributed by atoms with E-state index in [-0.39, 0.29) is 0 Å². The molecule has 1 rings (SSSR count). The number of esters is 8. The van der Waals surface area contributed by atoms with Gasteiger partial charge in [0.05, 0.1) is 0 Å².